The fourth-order valence-electron chi connectivity index (χ4n) is 2.29. The highest BCUT2D eigenvalue weighted by molar-refractivity contribution is 14.0. The fourth-order valence-corrected chi connectivity index (χ4v) is 2.29. The third-order valence-corrected chi connectivity index (χ3v) is 3.57. The molecule has 1 aromatic heterocycles. The minimum atomic E-state index is 0. The minimum Gasteiger partial charge on any atom is -0.357 e. The number of hydrogen-bond donors (Lipinski definition) is 1. The van der Waals surface area contributed by atoms with Crippen molar-refractivity contribution in [2.24, 2.45) is 4.99 Å². The maximum absolute atomic E-state index is 4.70. The number of benzene rings is 1. The summed E-state index contributed by atoms with van der Waals surface area (Å²) in [6.45, 7) is 6.61. The van der Waals surface area contributed by atoms with Gasteiger partial charge in [0.25, 0.3) is 0 Å². The summed E-state index contributed by atoms with van der Waals surface area (Å²) in [6, 6.07) is 10.1. The lowest BCUT2D eigenvalue weighted by Crippen LogP contribution is -2.39. The average Bonchev–Trinajstić information content (AvgIpc) is 3.05. The van der Waals surface area contributed by atoms with Gasteiger partial charge in [-0.2, -0.15) is 0 Å². The Bertz CT molecular complexity index is 611. The lowest BCUT2D eigenvalue weighted by molar-refractivity contribution is 0.464. The number of unbranched alkanes of at least 4 members (excludes halogenated alkanes) is 1. The molecule has 1 heterocycles. The van der Waals surface area contributed by atoms with Crippen LogP contribution in [0.15, 0.2) is 41.7 Å². The molecule has 1 aromatic carbocycles. The summed E-state index contributed by atoms with van der Waals surface area (Å²) in [4.78, 5) is 6.87. The molecule has 7 heteroatoms. The second-order valence-electron chi connectivity index (χ2n) is 5.40. The average molecular weight is 442 g/mol. The predicted octanol–water partition coefficient (Wildman–Crippen LogP) is 3.08. The highest BCUT2D eigenvalue weighted by Crippen LogP contribution is 2.09. The lowest BCUT2D eigenvalue weighted by atomic mass is 10.3. The summed E-state index contributed by atoms with van der Waals surface area (Å²) >= 11 is 0. The van der Waals surface area contributed by atoms with Crippen molar-refractivity contribution in [3.63, 3.8) is 0 Å². The third kappa shape index (κ3) is 5.77. The summed E-state index contributed by atoms with van der Waals surface area (Å²) in [5.41, 5.74) is 1.05. The number of nitrogens with zero attached hydrogens (tertiary/aromatic N) is 5. The van der Waals surface area contributed by atoms with E-state index in [2.05, 4.69) is 41.3 Å². The normalized spacial score (nSPS) is 11.0. The molecule has 0 radical (unpaired) electrons. The van der Waals surface area contributed by atoms with Crippen LogP contribution in [0.4, 0.5) is 0 Å². The largest absolute Gasteiger partial charge is 0.357 e. The molecule has 0 saturated carbocycles. The quantitative estimate of drug-likeness (QED) is 0.407. The van der Waals surface area contributed by atoms with Crippen molar-refractivity contribution < 1.29 is 0 Å². The first-order valence-corrected chi connectivity index (χ1v) is 8.20. The Labute approximate surface area is 161 Å². The topological polar surface area (TPSA) is 58.3 Å². The molecule has 0 atom stereocenters. The highest BCUT2D eigenvalue weighted by atomic mass is 127. The molecule has 132 valence electrons. The summed E-state index contributed by atoms with van der Waals surface area (Å²) < 4.78 is 1.97. The van der Waals surface area contributed by atoms with E-state index in [0.717, 1.165) is 37.0 Å². The Morgan fingerprint density at radius 1 is 1.25 bits per heavy atom. The van der Waals surface area contributed by atoms with Crippen LogP contribution in [0.5, 0.6) is 0 Å². The van der Waals surface area contributed by atoms with Crippen molar-refractivity contribution in [3.8, 4) is 5.69 Å². The van der Waals surface area contributed by atoms with Crippen LogP contribution in [0, 0.1) is 0 Å². The summed E-state index contributed by atoms with van der Waals surface area (Å²) in [6.07, 6.45) is 4.06. The Kier molecular flexibility index (Phi) is 9.36. The molecule has 0 fully saturated rings. The molecule has 2 aromatic rings. The zero-order valence-electron chi connectivity index (χ0n) is 14.6. The van der Waals surface area contributed by atoms with Crippen LogP contribution in [-0.4, -0.2) is 45.8 Å². The van der Waals surface area contributed by atoms with Gasteiger partial charge in [-0.05, 0) is 25.5 Å². The third-order valence-electron chi connectivity index (χ3n) is 3.57. The van der Waals surface area contributed by atoms with E-state index in [1.54, 1.807) is 6.33 Å². The molecule has 2 rings (SSSR count). The zero-order valence-corrected chi connectivity index (χ0v) is 17.0. The van der Waals surface area contributed by atoms with Gasteiger partial charge in [0.05, 0.1) is 0 Å². The smallest absolute Gasteiger partial charge is 0.194 e. The van der Waals surface area contributed by atoms with Crippen LogP contribution in [-0.2, 0) is 6.54 Å². The first-order chi connectivity index (χ1) is 11.3. The van der Waals surface area contributed by atoms with E-state index in [-0.39, 0.29) is 24.0 Å². The Balaban J connectivity index is 0.00000288. The van der Waals surface area contributed by atoms with Gasteiger partial charge in [0.15, 0.2) is 11.8 Å². The first kappa shape index (κ1) is 20.4. The van der Waals surface area contributed by atoms with E-state index in [4.69, 9.17) is 4.99 Å². The molecule has 0 saturated heterocycles. The molecule has 0 bridgehead atoms. The van der Waals surface area contributed by atoms with E-state index in [1.807, 2.05) is 34.9 Å². The zero-order chi connectivity index (χ0) is 16.5. The second-order valence-corrected chi connectivity index (χ2v) is 5.40. The van der Waals surface area contributed by atoms with E-state index in [9.17, 15) is 0 Å². The molecule has 0 aliphatic rings. The highest BCUT2D eigenvalue weighted by Gasteiger charge is 2.08. The maximum Gasteiger partial charge on any atom is 0.194 e. The Morgan fingerprint density at radius 3 is 2.67 bits per heavy atom. The van der Waals surface area contributed by atoms with Gasteiger partial charge in [-0.15, -0.1) is 34.2 Å². The summed E-state index contributed by atoms with van der Waals surface area (Å²) in [5, 5.41) is 11.6. The number of nitrogens with one attached hydrogen (secondary N) is 1. The van der Waals surface area contributed by atoms with E-state index >= 15 is 0 Å². The van der Waals surface area contributed by atoms with E-state index < -0.39 is 0 Å². The molecular formula is C17H27IN6. The first-order valence-electron chi connectivity index (χ1n) is 8.20. The second kappa shape index (κ2) is 11.0. The van der Waals surface area contributed by atoms with Gasteiger partial charge in [-0.25, -0.2) is 4.99 Å². The molecule has 6 nitrogen and oxygen atoms in total. The van der Waals surface area contributed by atoms with Crippen molar-refractivity contribution in [2.75, 3.05) is 20.1 Å². The molecule has 24 heavy (non-hydrogen) atoms. The van der Waals surface area contributed by atoms with Gasteiger partial charge in [-0.1, -0.05) is 31.5 Å². The molecule has 0 amide bonds. The van der Waals surface area contributed by atoms with Gasteiger partial charge in [0, 0.05) is 25.8 Å². The Morgan fingerprint density at radius 2 is 2.00 bits per heavy atom. The Hall–Kier alpha value is -1.64. The number of hydrogen-bond acceptors (Lipinski definition) is 3. The standard InChI is InChI=1S/C17H26N6.HI/c1-4-6-12-22(3)17(18-5-2)19-13-16-21-20-14-23(16)15-10-8-7-9-11-15;/h7-11,14H,4-6,12-13H2,1-3H3,(H,18,19);1H. The molecular weight excluding hydrogens is 415 g/mol. The maximum atomic E-state index is 4.70. The van der Waals surface area contributed by atoms with Crippen molar-refractivity contribution in [2.45, 2.75) is 33.2 Å². The number of halogens is 1. The lowest BCUT2D eigenvalue weighted by Gasteiger charge is -2.21. The van der Waals surface area contributed by atoms with Crippen molar-refractivity contribution in [1.29, 1.82) is 0 Å². The number of rotatable bonds is 7. The van der Waals surface area contributed by atoms with Gasteiger partial charge in [-0.3, -0.25) is 4.57 Å². The van der Waals surface area contributed by atoms with Crippen LogP contribution in [0.2, 0.25) is 0 Å². The van der Waals surface area contributed by atoms with Gasteiger partial charge < -0.3 is 10.2 Å². The fraction of sp³-hybridized carbons (Fsp3) is 0.471. The summed E-state index contributed by atoms with van der Waals surface area (Å²) in [5.74, 6) is 1.74. The molecule has 0 aliphatic carbocycles. The van der Waals surface area contributed by atoms with Gasteiger partial charge >= 0.3 is 0 Å². The monoisotopic (exact) mass is 442 g/mol. The van der Waals surface area contributed by atoms with Crippen LogP contribution in [0.3, 0.4) is 0 Å². The molecule has 0 spiro atoms. The predicted molar refractivity (Wildman–Crippen MR) is 109 cm³/mol. The van der Waals surface area contributed by atoms with E-state index in [0.29, 0.717) is 6.54 Å². The van der Waals surface area contributed by atoms with Crippen LogP contribution in [0.25, 0.3) is 5.69 Å². The van der Waals surface area contributed by atoms with Crippen LogP contribution in [0.1, 0.15) is 32.5 Å². The SMILES string of the molecule is CCCCN(C)C(=NCc1nncn1-c1ccccc1)NCC.I. The van der Waals surface area contributed by atoms with Gasteiger partial charge in [0.1, 0.15) is 12.9 Å². The molecule has 1 N–H and O–H groups in total. The molecule has 0 aliphatic heterocycles. The number of guanidine groups is 1. The van der Waals surface area contributed by atoms with Crippen molar-refractivity contribution in [3.05, 3.63) is 42.5 Å². The molecule has 0 unspecified atom stereocenters. The van der Waals surface area contributed by atoms with Crippen LogP contribution >= 0.6 is 24.0 Å². The number of aliphatic imine (C=N–C) groups is 1. The van der Waals surface area contributed by atoms with E-state index in [1.165, 1.54) is 6.42 Å². The van der Waals surface area contributed by atoms with Crippen molar-refractivity contribution >= 4 is 29.9 Å². The van der Waals surface area contributed by atoms with Gasteiger partial charge in [0.2, 0.25) is 0 Å². The minimum absolute atomic E-state index is 0. The van der Waals surface area contributed by atoms with Crippen LogP contribution < -0.4 is 5.32 Å². The van der Waals surface area contributed by atoms with Crippen molar-refractivity contribution in [1.82, 2.24) is 25.0 Å². The summed E-state index contributed by atoms with van der Waals surface area (Å²) in [7, 11) is 2.07. The number of aromatic nitrogens is 3. The number of para-hydroxylation sites is 1.